The summed E-state index contributed by atoms with van der Waals surface area (Å²) in [6, 6.07) is -0.930. The highest BCUT2D eigenvalue weighted by Crippen LogP contribution is 2.30. The first kappa shape index (κ1) is 82.6. The van der Waals surface area contributed by atoms with Gasteiger partial charge in [0, 0.05) is 6.42 Å². The molecule has 9 N–H and O–H groups in total. The van der Waals surface area contributed by atoms with Crippen molar-refractivity contribution < 1.29 is 64.6 Å². The Morgan fingerprint density at radius 1 is 0.398 bits per heavy atom. The van der Waals surface area contributed by atoms with E-state index in [0.717, 1.165) is 32.1 Å². The number of aliphatic hydroxyl groups is 8. The molecule has 88 heavy (non-hydrogen) atoms. The Bertz CT molecular complexity index is 1570. The third-order valence-electron chi connectivity index (χ3n) is 18.6. The summed E-state index contributed by atoms with van der Waals surface area (Å²) in [6.07, 6.45) is 58.3. The number of carbonyl (C=O) groups is 1. The lowest BCUT2D eigenvalue weighted by Crippen LogP contribution is -2.65. The summed E-state index contributed by atoms with van der Waals surface area (Å²) < 4.78 is 22.9. The van der Waals surface area contributed by atoms with Crippen LogP contribution >= 0.6 is 0 Å². The highest BCUT2D eigenvalue weighted by Gasteiger charge is 2.51. The van der Waals surface area contributed by atoms with Gasteiger partial charge in [-0.2, -0.15) is 0 Å². The minimum atomic E-state index is -1.79. The monoisotopic (exact) mass is 1250 g/mol. The SMILES string of the molecule is CCCCCCCCCCCCCCCCCCCCC/C=C/CC/C=C/C(O)C(COC1OC(CO)C(OC2OC(CO)C(O)C(O)C2O)C(O)C1O)NC(=O)CCCCCCCCCCCCCCCCCCCCCCCCCCCCCCC. The Morgan fingerprint density at radius 2 is 0.727 bits per heavy atom. The highest BCUT2D eigenvalue weighted by molar-refractivity contribution is 5.76. The van der Waals surface area contributed by atoms with Crippen LogP contribution in [0.1, 0.15) is 348 Å². The van der Waals surface area contributed by atoms with Crippen LogP contribution in [-0.4, -0.2) is 140 Å². The third-order valence-corrected chi connectivity index (χ3v) is 18.6. The molecule has 12 atom stereocenters. The van der Waals surface area contributed by atoms with Crippen LogP contribution in [0.5, 0.6) is 0 Å². The molecule has 2 fully saturated rings. The zero-order valence-corrected chi connectivity index (χ0v) is 56.7. The van der Waals surface area contributed by atoms with Crippen LogP contribution in [0, 0.1) is 0 Å². The molecule has 2 heterocycles. The number of amides is 1. The predicted molar refractivity (Wildman–Crippen MR) is 360 cm³/mol. The number of nitrogens with one attached hydrogen (secondary N) is 1. The van der Waals surface area contributed by atoms with Crippen molar-refractivity contribution in [2.75, 3.05) is 19.8 Å². The molecule has 520 valence electrons. The first-order valence-corrected chi connectivity index (χ1v) is 37.6. The molecule has 0 saturated carbocycles. The minimum Gasteiger partial charge on any atom is -0.394 e. The van der Waals surface area contributed by atoms with Gasteiger partial charge in [-0.1, -0.05) is 334 Å². The number of unbranched alkanes of at least 4 members (excludes halogenated alkanes) is 48. The molecule has 1 amide bonds. The number of ether oxygens (including phenoxy) is 4. The largest absolute Gasteiger partial charge is 0.394 e. The number of hydrogen-bond donors (Lipinski definition) is 9. The van der Waals surface area contributed by atoms with Crippen LogP contribution < -0.4 is 5.32 Å². The fourth-order valence-electron chi connectivity index (χ4n) is 12.7. The van der Waals surface area contributed by atoms with E-state index in [2.05, 4.69) is 31.3 Å². The molecule has 0 bridgehead atoms. The van der Waals surface area contributed by atoms with Crippen LogP contribution in [0.25, 0.3) is 0 Å². The van der Waals surface area contributed by atoms with Gasteiger partial charge in [-0.05, 0) is 32.1 Å². The van der Waals surface area contributed by atoms with Crippen molar-refractivity contribution in [3.05, 3.63) is 24.3 Å². The van der Waals surface area contributed by atoms with Gasteiger partial charge in [-0.15, -0.1) is 0 Å². The second-order valence-electron chi connectivity index (χ2n) is 26.8. The van der Waals surface area contributed by atoms with E-state index in [0.29, 0.717) is 12.8 Å². The number of rotatable bonds is 63. The maximum atomic E-state index is 13.3. The molecule has 2 rings (SSSR count). The van der Waals surface area contributed by atoms with E-state index >= 15 is 0 Å². The van der Waals surface area contributed by atoms with Crippen molar-refractivity contribution in [1.82, 2.24) is 5.32 Å². The van der Waals surface area contributed by atoms with E-state index in [9.17, 15) is 45.6 Å². The lowest BCUT2D eigenvalue weighted by molar-refractivity contribution is -0.359. The summed E-state index contributed by atoms with van der Waals surface area (Å²) in [5.41, 5.74) is 0. The fourth-order valence-corrected chi connectivity index (χ4v) is 12.7. The van der Waals surface area contributed by atoms with Crippen molar-refractivity contribution in [2.24, 2.45) is 0 Å². The van der Waals surface area contributed by atoms with Gasteiger partial charge < -0.3 is 65.1 Å². The average molecular weight is 1250 g/mol. The van der Waals surface area contributed by atoms with E-state index < -0.39 is 86.8 Å². The molecule has 12 unspecified atom stereocenters. The van der Waals surface area contributed by atoms with Crippen LogP contribution in [0.15, 0.2) is 24.3 Å². The zero-order chi connectivity index (χ0) is 63.8. The fraction of sp³-hybridized carbons (Fsp3) is 0.932. The number of allylic oxidation sites excluding steroid dienone is 3. The average Bonchev–Trinajstić information content (AvgIpc) is 1.75. The molecular weight excluding hydrogens is 1110 g/mol. The van der Waals surface area contributed by atoms with E-state index in [1.165, 1.54) is 283 Å². The molecule has 0 aromatic rings. The van der Waals surface area contributed by atoms with Gasteiger partial charge in [0.15, 0.2) is 12.6 Å². The molecule has 0 aromatic heterocycles. The second-order valence-corrected chi connectivity index (χ2v) is 26.8. The smallest absolute Gasteiger partial charge is 0.220 e. The molecule has 0 radical (unpaired) electrons. The van der Waals surface area contributed by atoms with Crippen LogP contribution in [0.4, 0.5) is 0 Å². The van der Waals surface area contributed by atoms with Crippen LogP contribution in [0.2, 0.25) is 0 Å². The van der Waals surface area contributed by atoms with Crippen molar-refractivity contribution in [2.45, 2.75) is 421 Å². The van der Waals surface area contributed by atoms with Crippen molar-refractivity contribution >= 4 is 5.91 Å². The van der Waals surface area contributed by atoms with Gasteiger partial charge in [0.2, 0.25) is 5.91 Å². The summed E-state index contributed by atoms with van der Waals surface area (Å²) in [7, 11) is 0. The molecular formula is C74H141NO13. The van der Waals surface area contributed by atoms with Gasteiger partial charge in [-0.25, -0.2) is 0 Å². The van der Waals surface area contributed by atoms with Gasteiger partial charge in [0.1, 0.15) is 48.8 Å². The molecule has 2 aliphatic rings. The Balaban J connectivity index is 1.66. The Morgan fingerprint density at radius 3 is 1.11 bits per heavy atom. The highest BCUT2D eigenvalue weighted by atomic mass is 16.7. The standard InChI is InChI=1S/C74H141NO13/c1-3-5-7-9-11-13-15-17-19-21-23-25-27-29-30-31-32-34-36-38-40-42-44-46-48-50-52-54-56-58-66(79)75-62(61-85-73-71(84)69(82)72(65(60-77)87-73)88-74-70(83)68(81)67(80)64(59-76)86-74)63(78)57-55-53-51-49-47-45-43-41-39-37-35-33-28-26-24-22-20-18-16-14-12-10-8-6-4-2/h47,49,55,57,62-65,67-74,76-78,80-84H,3-46,48,50-54,56,58-61H2,1-2H3,(H,75,79)/b49-47+,57-55+. The van der Waals surface area contributed by atoms with E-state index in [1.54, 1.807) is 6.08 Å². The van der Waals surface area contributed by atoms with Gasteiger partial charge in [-0.3, -0.25) is 4.79 Å². The lowest BCUT2D eigenvalue weighted by atomic mass is 9.97. The quantitative estimate of drug-likeness (QED) is 0.0204. The van der Waals surface area contributed by atoms with E-state index in [1.807, 2.05) is 6.08 Å². The van der Waals surface area contributed by atoms with Crippen LogP contribution in [0.3, 0.4) is 0 Å². The predicted octanol–water partition coefficient (Wildman–Crippen LogP) is 15.9. The van der Waals surface area contributed by atoms with Crippen molar-refractivity contribution in [3.63, 3.8) is 0 Å². The maximum Gasteiger partial charge on any atom is 0.220 e. The van der Waals surface area contributed by atoms with Gasteiger partial charge in [0.05, 0.1) is 32.0 Å². The Kier molecular flexibility index (Phi) is 55.6. The summed E-state index contributed by atoms with van der Waals surface area (Å²) >= 11 is 0. The van der Waals surface area contributed by atoms with Crippen LogP contribution in [-0.2, 0) is 23.7 Å². The molecule has 0 aromatic carbocycles. The summed E-state index contributed by atoms with van der Waals surface area (Å²) in [5.74, 6) is -0.241. The summed E-state index contributed by atoms with van der Waals surface area (Å²) in [5, 5.41) is 87.5. The Hall–Kier alpha value is -1.53. The Labute approximate surface area is 539 Å². The first-order chi connectivity index (χ1) is 43.1. The van der Waals surface area contributed by atoms with Crippen molar-refractivity contribution in [3.8, 4) is 0 Å². The lowest BCUT2D eigenvalue weighted by Gasteiger charge is -2.46. The zero-order valence-electron chi connectivity index (χ0n) is 56.7. The topological polar surface area (TPSA) is 228 Å². The summed E-state index contributed by atoms with van der Waals surface area (Å²) in [4.78, 5) is 13.3. The molecule has 14 nitrogen and oxygen atoms in total. The maximum absolute atomic E-state index is 13.3. The number of hydrogen-bond acceptors (Lipinski definition) is 13. The first-order valence-electron chi connectivity index (χ1n) is 37.6. The van der Waals surface area contributed by atoms with Gasteiger partial charge >= 0.3 is 0 Å². The van der Waals surface area contributed by atoms with E-state index in [4.69, 9.17) is 18.9 Å². The summed E-state index contributed by atoms with van der Waals surface area (Å²) in [6.45, 7) is 2.85. The molecule has 2 aliphatic heterocycles. The third kappa shape index (κ3) is 42.6. The molecule has 2 saturated heterocycles. The normalized spacial score (nSPS) is 23.2. The van der Waals surface area contributed by atoms with Gasteiger partial charge in [0.25, 0.3) is 0 Å². The molecule has 0 spiro atoms. The van der Waals surface area contributed by atoms with Crippen molar-refractivity contribution in [1.29, 1.82) is 0 Å². The minimum absolute atomic E-state index is 0.241. The van der Waals surface area contributed by atoms with E-state index in [-0.39, 0.29) is 18.9 Å². The molecule has 14 heteroatoms. The second kappa shape index (κ2) is 59.2. The molecule has 0 aliphatic carbocycles. The number of aliphatic hydroxyl groups excluding tert-OH is 8. The number of carbonyl (C=O) groups excluding carboxylic acids is 1.